The summed E-state index contributed by atoms with van der Waals surface area (Å²) in [6.45, 7) is 0. The Balaban J connectivity index is 2.67. The van der Waals surface area contributed by atoms with E-state index >= 15 is 0 Å². The zero-order valence-electron chi connectivity index (χ0n) is 5.99. The van der Waals surface area contributed by atoms with Crippen LogP contribution in [0.25, 0.3) is 6.08 Å². The predicted octanol–water partition coefficient (Wildman–Crippen LogP) is 1.89. The van der Waals surface area contributed by atoms with Gasteiger partial charge in [-0.15, -0.1) is 0 Å². The Morgan fingerprint density at radius 2 is 1.90 bits per heavy atom. The van der Waals surface area contributed by atoms with Gasteiger partial charge in [0.1, 0.15) is 0 Å². The first-order valence-corrected chi connectivity index (χ1v) is 3.24. The van der Waals surface area contributed by atoms with Crippen molar-refractivity contribution < 1.29 is 0 Å². The number of rotatable bonds is 2. The van der Waals surface area contributed by atoms with Crippen molar-refractivity contribution in [3.63, 3.8) is 0 Å². The fourth-order valence-electron chi connectivity index (χ4n) is 0.725. The third-order valence-corrected chi connectivity index (χ3v) is 1.22. The molecule has 0 aliphatic heterocycles. The van der Waals surface area contributed by atoms with Gasteiger partial charge in [0.05, 0.1) is 0 Å². The molecule has 0 saturated heterocycles. The van der Waals surface area contributed by atoms with E-state index in [9.17, 15) is 0 Å². The van der Waals surface area contributed by atoms with Crippen LogP contribution in [-0.4, -0.2) is 7.05 Å². The summed E-state index contributed by atoms with van der Waals surface area (Å²) in [4.78, 5) is 0. The normalized spacial score (nSPS) is 10.1. The smallest absolute Gasteiger partial charge is 0.0277 e. The second-order valence-corrected chi connectivity index (χ2v) is 1.98. The molecule has 1 heteroatoms. The molecule has 0 heterocycles. The minimum Gasteiger partial charge on any atom is -0.296 e. The largest absolute Gasteiger partial charge is 0.296 e. The van der Waals surface area contributed by atoms with Gasteiger partial charge in [0.15, 0.2) is 0 Å². The number of hydrogen-bond acceptors (Lipinski definition) is 0. The van der Waals surface area contributed by atoms with Gasteiger partial charge in [-0.1, -0.05) is 30.3 Å². The predicted molar refractivity (Wildman–Crippen MR) is 43.5 cm³/mol. The Morgan fingerprint density at radius 3 is 2.50 bits per heavy atom. The van der Waals surface area contributed by atoms with E-state index in [1.165, 1.54) is 5.56 Å². The summed E-state index contributed by atoms with van der Waals surface area (Å²) in [6.07, 6.45) is 3.76. The van der Waals surface area contributed by atoms with E-state index in [2.05, 4.69) is 5.32 Å². The van der Waals surface area contributed by atoms with Gasteiger partial charge in [0.25, 0.3) is 0 Å². The van der Waals surface area contributed by atoms with E-state index < -0.39 is 0 Å². The average molecular weight is 132 g/mol. The second kappa shape index (κ2) is 3.72. The van der Waals surface area contributed by atoms with Crippen LogP contribution in [0.5, 0.6) is 0 Å². The van der Waals surface area contributed by atoms with Gasteiger partial charge in [0, 0.05) is 13.2 Å². The molecule has 10 heavy (non-hydrogen) atoms. The summed E-state index contributed by atoms with van der Waals surface area (Å²) in [7, 11) is 1.76. The van der Waals surface area contributed by atoms with E-state index in [0.29, 0.717) is 0 Å². The Morgan fingerprint density at radius 1 is 1.20 bits per heavy atom. The Kier molecular flexibility index (Phi) is 2.56. The lowest BCUT2D eigenvalue weighted by Gasteiger charge is -1.88. The van der Waals surface area contributed by atoms with E-state index in [1.54, 1.807) is 13.2 Å². The van der Waals surface area contributed by atoms with Gasteiger partial charge in [-0.3, -0.25) is 5.32 Å². The first kappa shape index (κ1) is 6.87. The molecule has 1 radical (unpaired) electrons. The quantitative estimate of drug-likeness (QED) is 0.583. The molecule has 1 aromatic rings. The summed E-state index contributed by atoms with van der Waals surface area (Å²) in [6, 6.07) is 10.1. The topological polar surface area (TPSA) is 14.1 Å². The van der Waals surface area contributed by atoms with Crippen LogP contribution in [0.15, 0.2) is 36.5 Å². The Hall–Kier alpha value is -1.24. The third kappa shape index (κ3) is 1.94. The maximum atomic E-state index is 3.85. The monoisotopic (exact) mass is 132 g/mol. The molecule has 1 rings (SSSR count). The standard InChI is InChI=1S/C9H10N/c1-10-8-7-9-5-3-2-4-6-9/h2-8H,1H3. The molecule has 0 aliphatic rings. The minimum atomic E-state index is 1.19. The molecule has 0 aliphatic carbocycles. The van der Waals surface area contributed by atoms with Crippen molar-refractivity contribution in [2.45, 2.75) is 0 Å². The molecule has 51 valence electrons. The summed E-state index contributed by atoms with van der Waals surface area (Å²) in [5, 5.41) is 3.85. The highest BCUT2D eigenvalue weighted by atomic mass is 14.8. The van der Waals surface area contributed by atoms with E-state index in [4.69, 9.17) is 0 Å². The third-order valence-electron chi connectivity index (χ3n) is 1.22. The molecule has 0 N–H and O–H groups in total. The van der Waals surface area contributed by atoms with Gasteiger partial charge < -0.3 is 0 Å². The molecule has 0 saturated carbocycles. The minimum absolute atomic E-state index is 1.19. The van der Waals surface area contributed by atoms with Gasteiger partial charge in [-0.2, -0.15) is 0 Å². The van der Waals surface area contributed by atoms with E-state index in [1.807, 2.05) is 36.4 Å². The molecule has 0 bridgehead atoms. The van der Waals surface area contributed by atoms with Crippen LogP contribution in [0.3, 0.4) is 0 Å². The molecule has 0 aromatic heterocycles. The van der Waals surface area contributed by atoms with Gasteiger partial charge in [-0.25, -0.2) is 0 Å². The Bertz CT molecular complexity index is 201. The first-order chi connectivity index (χ1) is 4.93. The molecule has 0 atom stereocenters. The molecule has 1 nitrogen and oxygen atoms in total. The molecule has 0 spiro atoms. The lowest BCUT2D eigenvalue weighted by Crippen LogP contribution is -1.79. The summed E-state index contributed by atoms with van der Waals surface area (Å²) in [5.74, 6) is 0. The molecule has 1 aromatic carbocycles. The highest BCUT2D eigenvalue weighted by Crippen LogP contribution is 1.99. The van der Waals surface area contributed by atoms with E-state index in [-0.39, 0.29) is 0 Å². The molecular formula is C9H10N. The number of benzene rings is 1. The second-order valence-electron chi connectivity index (χ2n) is 1.98. The maximum Gasteiger partial charge on any atom is 0.0277 e. The van der Waals surface area contributed by atoms with Crippen LogP contribution in [-0.2, 0) is 0 Å². The summed E-state index contributed by atoms with van der Waals surface area (Å²) < 4.78 is 0. The van der Waals surface area contributed by atoms with Crippen molar-refractivity contribution in [3.8, 4) is 0 Å². The van der Waals surface area contributed by atoms with Crippen LogP contribution in [0.4, 0.5) is 0 Å². The van der Waals surface area contributed by atoms with E-state index in [0.717, 1.165) is 0 Å². The SMILES string of the molecule is C[N]C=Cc1ccccc1. The van der Waals surface area contributed by atoms with Gasteiger partial charge in [0.2, 0.25) is 0 Å². The zero-order chi connectivity index (χ0) is 7.23. The van der Waals surface area contributed by atoms with Crippen LogP contribution in [0.2, 0.25) is 0 Å². The fourth-order valence-corrected chi connectivity index (χ4v) is 0.725. The molecule has 0 fully saturated rings. The van der Waals surface area contributed by atoms with Crippen LogP contribution in [0.1, 0.15) is 5.56 Å². The summed E-state index contributed by atoms with van der Waals surface area (Å²) in [5.41, 5.74) is 1.19. The van der Waals surface area contributed by atoms with Crippen LogP contribution >= 0.6 is 0 Å². The zero-order valence-corrected chi connectivity index (χ0v) is 5.99. The maximum absolute atomic E-state index is 3.85. The number of hydrogen-bond donors (Lipinski definition) is 0. The Labute approximate surface area is 61.4 Å². The fraction of sp³-hybridized carbons (Fsp3) is 0.111. The van der Waals surface area contributed by atoms with Crippen molar-refractivity contribution >= 4 is 6.08 Å². The van der Waals surface area contributed by atoms with Gasteiger partial charge >= 0.3 is 0 Å². The van der Waals surface area contributed by atoms with Crippen molar-refractivity contribution in [1.29, 1.82) is 0 Å². The van der Waals surface area contributed by atoms with Gasteiger partial charge in [-0.05, 0) is 11.6 Å². The molecular weight excluding hydrogens is 122 g/mol. The number of nitrogens with zero attached hydrogens (tertiary/aromatic N) is 1. The van der Waals surface area contributed by atoms with Crippen molar-refractivity contribution in [2.75, 3.05) is 7.05 Å². The highest BCUT2D eigenvalue weighted by molar-refractivity contribution is 5.47. The van der Waals surface area contributed by atoms with Crippen molar-refractivity contribution in [3.05, 3.63) is 42.1 Å². The summed E-state index contributed by atoms with van der Waals surface area (Å²) >= 11 is 0. The van der Waals surface area contributed by atoms with Crippen molar-refractivity contribution in [1.82, 2.24) is 5.32 Å². The highest BCUT2D eigenvalue weighted by Gasteiger charge is 1.79. The molecule has 0 unspecified atom stereocenters. The molecule has 0 amide bonds. The lowest BCUT2D eigenvalue weighted by atomic mass is 10.2. The first-order valence-electron chi connectivity index (χ1n) is 3.24. The average Bonchev–Trinajstić information content (AvgIpc) is 2.03. The lowest BCUT2D eigenvalue weighted by molar-refractivity contribution is 1.09. The van der Waals surface area contributed by atoms with Crippen molar-refractivity contribution in [2.24, 2.45) is 0 Å². The van der Waals surface area contributed by atoms with Crippen LogP contribution in [0, 0.1) is 0 Å². The van der Waals surface area contributed by atoms with Crippen LogP contribution < -0.4 is 5.32 Å².